The summed E-state index contributed by atoms with van der Waals surface area (Å²) in [7, 11) is 0. The lowest BCUT2D eigenvalue weighted by Crippen LogP contribution is -2.47. The first kappa shape index (κ1) is 11.0. The van der Waals surface area contributed by atoms with Crippen LogP contribution in [0.4, 0.5) is 5.13 Å². The van der Waals surface area contributed by atoms with Gasteiger partial charge in [-0.25, -0.2) is 4.98 Å². The van der Waals surface area contributed by atoms with Gasteiger partial charge < -0.3 is 5.32 Å². The lowest BCUT2D eigenvalue weighted by molar-refractivity contribution is -0.133. The average molecular weight is 240 g/mol. The van der Waals surface area contributed by atoms with Crippen LogP contribution >= 0.6 is 11.5 Å². The minimum absolute atomic E-state index is 0.213. The van der Waals surface area contributed by atoms with E-state index in [9.17, 15) is 9.59 Å². The number of carbonyl (C=O) groups excluding carboxylic acids is 2. The van der Waals surface area contributed by atoms with Crippen LogP contribution in [-0.2, 0) is 16.0 Å². The summed E-state index contributed by atoms with van der Waals surface area (Å²) in [5, 5.41) is 5.90. The standard InChI is InChI=1S/C9H12N4O2S/c1-2-6-11-9(16-13-6)10-5-3-4-7(14)12-8(5)15/h5H,2-4H2,1H3,(H,10,11,13)(H,12,14,15). The SMILES string of the molecule is CCc1nsc(NC2CCC(=O)NC2=O)n1. The van der Waals surface area contributed by atoms with Gasteiger partial charge >= 0.3 is 0 Å². The molecule has 1 unspecified atom stereocenters. The molecule has 16 heavy (non-hydrogen) atoms. The molecule has 2 rings (SSSR count). The molecular weight excluding hydrogens is 228 g/mol. The molecule has 1 fully saturated rings. The molecule has 1 aliphatic rings. The van der Waals surface area contributed by atoms with Crippen LogP contribution in [0.1, 0.15) is 25.6 Å². The Labute approximate surface area is 96.6 Å². The van der Waals surface area contributed by atoms with E-state index in [0.717, 1.165) is 12.2 Å². The Bertz CT molecular complexity index is 417. The lowest BCUT2D eigenvalue weighted by Gasteiger charge is -2.20. The molecule has 1 aliphatic heterocycles. The highest BCUT2D eigenvalue weighted by Gasteiger charge is 2.27. The molecule has 6 nitrogen and oxygen atoms in total. The zero-order valence-electron chi connectivity index (χ0n) is 8.82. The largest absolute Gasteiger partial charge is 0.348 e. The average Bonchev–Trinajstić information content (AvgIpc) is 2.70. The fourth-order valence-corrected chi connectivity index (χ4v) is 2.14. The van der Waals surface area contributed by atoms with Gasteiger partial charge in [0.2, 0.25) is 16.9 Å². The van der Waals surface area contributed by atoms with Crippen LogP contribution in [0.5, 0.6) is 0 Å². The second-order valence-electron chi connectivity index (χ2n) is 3.52. The Morgan fingerprint density at radius 3 is 3.00 bits per heavy atom. The molecular formula is C9H12N4O2S. The monoisotopic (exact) mass is 240 g/mol. The third-order valence-electron chi connectivity index (χ3n) is 2.32. The number of hydrogen-bond donors (Lipinski definition) is 2. The van der Waals surface area contributed by atoms with E-state index in [4.69, 9.17) is 0 Å². The molecule has 0 bridgehead atoms. The Balaban J connectivity index is 1.99. The van der Waals surface area contributed by atoms with Crippen LogP contribution in [0.3, 0.4) is 0 Å². The number of nitrogens with one attached hydrogen (secondary N) is 2. The Hall–Kier alpha value is -1.50. The van der Waals surface area contributed by atoms with Gasteiger partial charge in [-0.3, -0.25) is 14.9 Å². The van der Waals surface area contributed by atoms with Crippen molar-refractivity contribution < 1.29 is 9.59 Å². The maximum Gasteiger partial charge on any atom is 0.249 e. The summed E-state index contributed by atoms with van der Waals surface area (Å²) in [5.41, 5.74) is 0. The van der Waals surface area contributed by atoms with Crippen molar-refractivity contribution in [2.24, 2.45) is 0 Å². The minimum atomic E-state index is -0.379. The molecule has 0 radical (unpaired) electrons. The summed E-state index contributed by atoms with van der Waals surface area (Å²) in [6, 6.07) is -0.379. The van der Waals surface area contributed by atoms with E-state index in [0.29, 0.717) is 18.0 Å². The van der Waals surface area contributed by atoms with Crippen LogP contribution in [0.15, 0.2) is 0 Å². The maximum atomic E-state index is 11.4. The number of aromatic nitrogens is 2. The van der Waals surface area contributed by atoms with E-state index in [-0.39, 0.29) is 17.9 Å². The number of aryl methyl sites for hydroxylation is 1. The van der Waals surface area contributed by atoms with Crippen LogP contribution in [-0.4, -0.2) is 27.2 Å². The van der Waals surface area contributed by atoms with Crippen molar-refractivity contribution in [2.75, 3.05) is 5.32 Å². The smallest absolute Gasteiger partial charge is 0.249 e. The number of amides is 2. The van der Waals surface area contributed by atoms with Crippen molar-refractivity contribution in [2.45, 2.75) is 32.2 Å². The Morgan fingerprint density at radius 1 is 1.56 bits per heavy atom. The Kier molecular flexibility index (Phi) is 3.14. The van der Waals surface area contributed by atoms with Gasteiger partial charge in [-0.1, -0.05) is 6.92 Å². The van der Waals surface area contributed by atoms with E-state index in [1.54, 1.807) is 0 Å². The molecule has 0 spiro atoms. The van der Waals surface area contributed by atoms with Gasteiger partial charge in [0.25, 0.3) is 0 Å². The second-order valence-corrected chi connectivity index (χ2v) is 4.27. The van der Waals surface area contributed by atoms with Crippen LogP contribution in [0.2, 0.25) is 0 Å². The van der Waals surface area contributed by atoms with Gasteiger partial charge in [0.1, 0.15) is 11.9 Å². The number of imide groups is 1. The zero-order chi connectivity index (χ0) is 11.5. The molecule has 0 saturated carbocycles. The highest BCUT2D eigenvalue weighted by molar-refractivity contribution is 7.09. The third-order valence-corrected chi connectivity index (χ3v) is 3.01. The zero-order valence-corrected chi connectivity index (χ0v) is 9.63. The summed E-state index contributed by atoms with van der Waals surface area (Å²) in [5.74, 6) is 0.263. The van der Waals surface area contributed by atoms with Gasteiger partial charge in [0.15, 0.2) is 0 Å². The highest BCUT2D eigenvalue weighted by atomic mass is 32.1. The molecule has 2 N–H and O–H groups in total. The number of hydrogen-bond acceptors (Lipinski definition) is 6. The van der Waals surface area contributed by atoms with Crippen LogP contribution in [0.25, 0.3) is 0 Å². The predicted molar refractivity (Wildman–Crippen MR) is 59.1 cm³/mol. The molecule has 0 aromatic carbocycles. The van der Waals surface area contributed by atoms with Gasteiger partial charge in [-0.2, -0.15) is 4.37 Å². The fraction of sp³-hybridized carbons (Fsp3) is 0.556. The van der Waals surface area contributed by atoms with Gasteiger partial charge in [0, 0.05) is 24.4 Å². The summed E-state index contributed by atoms with van der Waals surface area (Å²) in [6.45, 7) is 1.97. The lowest BCUT2D eigenvalue weighted by atomic mass is 10.1. The maximum absolute atomic E-state index is 11.4. The van der Waals surface area contributed by atoms with Crippen LogP contribution < -0.4 is 10.6 Å². The molecule has 1 aromatic rings. The number of piperidine rings is 1. The first-order chi connectivity index (χ1) is 7.69. The van der Waals surface area contributed by atoms with Gasteiger partial charge in [-0.05, 0) is 6.42 Å². The van der Waals surface area contributed by atoms with Crippen molar-refractivity contribution in [1.82, 2.24) is 14.7 Å². The summed E-state index contributed by atoms with van der Waals surface area (Å²) < 4.78 is 4.11. The van der Waals surface area contributed by atoms with Crippen molar-refractivity contribution in [3.8, 4) is 0 Å². The first-order valence-electron chi connectivity index (χ1n) is 5.12. The molecule has 1 atom stereocenters. The molecule has 1 aromatic heterocycles. The molecule has 7 heteroatoms. The van der Waals surface area contributed by atoms with Crippen LogP contribution in [0, 0.1) is 0 Å². The molecule has 0 aliphatic carbocycles. The minimum Gasteiger partial charge on any atom is -0.348 e. The third kappa shape index (κ3) is 2.35. The van der Waals surface area contributed by atoms with E-state index in [2.05, 4.69) is 20.0 Å². The quantitative estimate of drug-likeness (QED) is 0.743. The number of anilines is 1. The molecule has 2 amide bonds. The number of nitrogens with zero attached hydrogens (tertiary/aromatic N) is 2. The van der Waals surface area contributed by atoms with E-state index >= 15 is 0 Å². The molecule has 2 heterocycles. The topological polar surface area (TPSA) is 84.0 Å². The van der Waals surface area contributed by atoms with Crippen molar-refractivity contribution in [3.63, 3.8) is 0 Å². The first-order valence-corrected chi connectivity index (χ1v) is 5.89. The number of carbonyl (C=O) groups is 2. The summed E-state index contributed by atoms with van der Waals surface area (Å²) in [6.07, 6.45) is 1.64. The van der Waals surface area contributed by atoms with E-state index in [1.165, 1.54) is 11.5 Å². The summed E-state index contributed by atoms with van der Waals surface area (Å²) >= 11 is 1.23. The van der Waals surface area contributed by atoms with Crippen molar-refractivity contribution in [1.29, 1.82) is 0 Å². The van der Waals surface area contributed by atoms with Crippen molar-refractivity contribution in [3.05, 3.63) is 5.82 Å². The molecule has 1 saturated heterocycles. The van der Waals surface area contributed by atoms with E-state index < -0.39 is 0 Å². The highest BCUT2D eigenvalue weighted by Crippen LogP contribution is 2.16. The van der Waals surface area contributed by atoms with E-state index in [1.807, 2.05) is 6.92 Å². The van der Waals surface area contributed by atoms with Gasteiger partial charge in [0.05, 0.1) is 0 Å². The normalized spacial score (nSPS) is 20.7. The van der Waals surface area contributed by atoms with Gasteiger partial charge in [-0.15, -0.1) is 0 Å². The fourth-order valence-electron chi connectivity index (χ4n) is 1.44. The van der Waals surface area contributed by atoms with Crippen molar-refractivity contribution >= 4 is 28.5 Å². The molecule has 86 valence electrons. The second kappa shape index (κ2) is 4.56. The summed E-state index contributed by atoms with van der Waals surface area (Å²) in [4.78, 5) is 26.6. The number of rotatable bonds is 3. The Morgan fingerprint density at radius 2 is 2.38 bits per heavy atom. The predicted octanol–water partition coefficient (Wildman–Crippen LogP) is 0.318.